The summed E-state index contributed by atoms with van der Waals surface area (Å²) >= 11 is 8.02. The topological polar surface area (TPSA) is 76.4 Å². The summed E-state index contributed by atoms with van der Waals surface area (Å²) in [7, 11) is 0. The van der Waals surface area contributed by atoms with E-state index in [-0.39, 0.29) is 19.2 Å². The van der Waals surface area contributed by atoms with Crippen molar-refractivity contribution in [1.29, 1.82) is 0 Å². The van der Waals surface area contributed by atoms with Crippen LogP contribution in [0.1, 0.15) is 43.1 Å². The Labute approximate surface area is 198 Å². The molecule has 32 heavy (non-hydrogen) atoms. The third-order valence-electron chi connectivity index (χ3n) is 4.84. The molecule has 0 amide bonds. The Kier molecular flexibility index (Phi) is 9.02. The van der Waals surface area contributed by atoms with Gasteiger partial charge >= 0.3 is 5.97 Å². The highest BCUT2D eigenvalue weighted by Crippen LogP contribution is 2.28. The number of thioether (sulfide) groups is 1. The van der Waals surface area contributed by atoms with Gasteiger partial charge in [0.25, 0.3) is 0 Å². The molecule has 2 N–H and O–H groups in total. The number of imidazole rings is 1. The number of benzene rings is 2. The maximum Gasteiger partial charge on any atom is 0.333 e. The molecule has 0 saturated carbocycles. The van der Waals surface area contributed by atoms with Crippen molar-refractivity contribution in [1.82, 2.24) is 9.55 Å². The Balaban J connectivity index is 1.78. The first-order chi connectivity index (χ1) is 15.6. The number of hydrogen-bond donors (Lipinski definition) is 2. The predicted octanol–water partition coefficient (Wildman–Crippen LogP) is 5.30. The van der Waals surface area contributed by atoms with E-state index in [1.807, 2.05) is 47.0 Å². The number of hydrogen-bond acceptors (Lipinski definition) is 6. The fourth-order valence-corrected chi connectivity index (χ4v) is 4.35. The summed E-state index contributed by atoms with van der Waals surface area (Å²) < 4.78 is 7.29. The lowest BCUT2D eigenvalue weighted by molar-refractivity contribution is -0.144. The normalized spacial score (nSPS) is 11.9. The molecule has 0 fully saturated rings. The average molecular weight is 474 g/mol. The van der Waals surface area contributed by atoms with Gasteiger partial charge in [-0.3, -0.25) is 0 Å². The molecule has 1 atom stereocenters. The first-order valence-electron chi connectivity index (χ1n) is 10.6. The second kappa shape index (κ2) is 11.9. The number of aromatic nitrogens is 2. The minimum absolute atomic E-state index is 0.0572. The van der Waals surface area contributed by atoms with Gasteiger partial charge in [-0.15, -0.1) is 0 Å². The van der Waals surface area contributed by atoms with Gasteiger partial charge < -0.3 is 19.7 Å². The van der Waals surface area contributed by atoms with Crippen molar-refractivity contribution in [3.8, 4) is 0 Å². The van der Waals surface area contributed by atoms with Crippen molar-refractivity contribution in [3.63, 3.8) is 0 Å². The first kappa shape index (κ1) is 24.2. The van der Waals surface area contributed by atoms with Crippen LogP contribution in [0.15, 0.2) is 59.9 Å². The molecule has 8 heteroatoms. The van der Waals surface area contributed by atoms with Crippen molar-refractivity contribution in [2.75, 3.05) is 17.7 Å². The maximum atomic E-state index is 12.6. The Morgan fingerprint density at radius 1 is 1.22 bits per heavy atom. The van der Waals surface area contributed by atoms with Gasteiger partial charge in [-0.2, -0.15) is 0 Å². The van der Waals surface area contributed by atoms with E-state index < -0.39 is 6.04 Å². The van der Waals surface area contributed by atoms with E-state index in [4.69, 9.17) is 16.3 Å². The molecular formula is C24H28ClN3O3S. The quantitative estimate of drug-likeness (QED) is 0.291. The van der Waals surface area contributed by atoms with Gasteiger partial charge in [0.05, 0.1) is 25.1 Å². The summed E-state index contributed by atoms with van der Waals surface area (Å²) in [5.74, 6) is 0.593. The molecular weight excluding hydrogens is 446 g/mol. The molecule has 0 spiro atoms. The predicted molar refractivity (Wildman–Crippen MR) is 129 cm³/mol. The highest BCUT2D eigenvalue weighted by Gasteiger charge is 2.24. The van der Waals surface area contributed by atoms with Crippen LogP contribution in [0.4, 0.5) is 5.69 Å². The average Bonchev–Trinajstić information content (AvgIpc) is 3.19. The van der Waals surface area contributed by atoms with E-state index in [9.17, 15) is 9.90 Å². The van der Waals surface area contributed by atoms with Gasteiger partial charge in [0.15, 0.2) is 11.2 Å². The van der Waals surface area contributed by atoms with Crippen LogP contribution in [-0.2, 0) is 22.7 Å². The number of carbonyl (C=O) groups is 1. The summed E-state index contributed by atoms with van der Waals surface area (Å²) in [6.45, 7) is 4.74. The van der Waals surface area contributed by atoms with Crippen LogP contribution in [0.3, 0.4) is 0 Å². The van der Waals surface area contributed by atoms with Gasteiger partial charge in [-0.25, -0.2) is 9.78 Å². The smallest absolute Gasteiger partial charge is 0.333 e. The van der Waals surface area contributed by atoms with Crippen LogP contribution in [0.5, 0.6) is 0 Å². The minimum Gasteiger partial charge on any atom is -0.464 e. The summed E-state index contributed by atoms with van der Waals surface area (Å²) in [6, 6.07) is 14.4. The lowest BCUT2D eigenvalue weighted by atomic mass is 10.1. The third-order valence-corrected chi connectivity index (χ3v) is 6.38. The zero-order valence-corrected chi connectivity index (χ0v) is 19.8. The number of ether oxygens (including phenoxy) is 1. The van der Waals surface area contributed by atoms with Crippen LogP contribution in [-0.4, -0.2) is 33.0 Å². The van der Waals surface area contributed by atoms with E-state index >= 15 is 0 Å². The molecule has 2 aromatic carbocycles. The van der Waals surface area contributed by atoms with E-state index in [0.29, 0.717) is 17.1 Å². The lowest BCUT2D eigenvalue weighted by Crippen LogP contribution is -2.23. The Morgan fingerprint density at radius 2 is 1.97 bits per heavy atom. The maximum absolute atomic E-state index is 12.6. The minimum atomic E-state index is -0.707. The number of halogens is 1. The summed E-state index contributed by atoms with van der Waals surface area (Å²) in [4.78, 5) is 17.0. The molecule has 0 bridgehead atoms. The van der Waals surface area contributed by atoms with E-state index in [2.05, 4.69) is 17.2 Å². The third kappa shape index (κ3) is 6.06. The highest BCUT2D eigenvalue weighted by atomic mass is 35.5. The number of nitrogens with one attached hydrogen (secondary N) is 1. The molecule has 0 aliphatic carbocycles. The molecule has 0 radical (unpaired) electrons. The van der Waals surface area contributed by atoms with Crippen molar-refractivity contribution in [2.24, 2.45) is 0 Å². The number of aliphatic hydroxyl groups excluding tert-OH is 1. The highest BCUT2D eigenvalue weighted by molar-refractivity contribution is 7.99. The van der Waals surface area contributed by atoms with Crippen LogP contribution in [0.25, 0.3) is 0 Å². The number of carbonyl (C=O) groups excluding carboxylic acids is 1. The first-order valence-corrected chi connectivity index (χ1v) is 12.0. The van der Waals surface area contributed by atoms with Crippen molar-refractivity contribution in [3.05, 3.63) is 76.6 Å². The Hall–Kier alpha value is -2.48. The van der Waals surface area contributed by atoms with E-state index in [1.54, 1.807) is 30.9 Å². The lowest BCUT2D eigenvalue weighted by Gasteiger charge is -2.20. The van der Waals surface area contributed by atoms with Crippen LogP contribution < -0.4 is 5.32 Å². The standard InChI is InChI=1S/C24H28ClN3O3S/c1-3-13-32-24-26-14-19(16-29)28(24)15-17-9-11-18(12-10-17)27-22(23(30)31-4-2)20-7-5-6-8-21(20)25/h5-12,14,22,27,29H,3-4,13,15-16H2,1-2H3. The Morgan fingerprint density at radius 3 is 2.62 bits per heavy atom. The van der Waals surface area contributed by atoms with Crippen LogP contribution >= 0.6 is 23.4 Å². The van der Waals surface area contributed by atoms with E-state index in [0.717, 1.165) is 34.3 Å². The number of rotatable bonds is 11. The Bertz CT molecular complexity index is 1020. The molecule has 3 rings (SSSR count). The fourth-order valence-electron chi connectivity index (χ4n) is 3.25. The zero-order valence-electron chi connectivity index (χ0n) is 18.3. The molecule has 170 valence electrons. The van der Waals surface area contributed by atoms with Gasteiger partial charge in [0.1, 0.15) is 0 Å². The molecule has 0 aliphatic rings. The molecule has 1 heterocycles. The van der Waals surface area contributed by atoms with Gasteiger partial charge in [-0.05, 0) is 37.1 Å². The fraction of sp³-hybridized carbons (Fsp3) is 0.333. The van der Waals surface area contributed by atoms with Crippen molar-refractivity contribution >= 4 is 35.0 Å². The largest absolute Gasteiger partial charge is 0.464 e. The van der Waals surface area contributed by atoms with Gasteiger partial charge in [-0.1, -0.05) is 60.6 Å². The van der Waals surface area contributed by atoms with Crippen molar-refractivity contribution < 1.29 is 14.6 Å². The van der Waals surface area contributed by atoms with Crippen LogP contribution in [0, 0.1) is 0 Å². The molecule has 6 nitrogen and oxygen atoms in total. The van der Waals surface area contributed by atoms with E-state index in [1.165, 1.54) is 0 Å². The molecule has 0 aliphatic heterocycles. The summed E-state index contributed by atoms with van der Waals surface area (Å²) in [6.07, 6.45) is 2.78. The summed E-state index contributed by atoms with van der Waals surface area (Å²) in [5, 5.41) is 14.3. The zero-order chi connectivity index (χ0) is 22.9. The summed E-state index contributed by atoms with van der Waals surface area (Å²) in [5.41, 5.74) is 3.29. The number of nitrogens with zero attached hydrogens (tertiary/aromatic N) is 2. The molecule has 0 saturated heterocycles. The second-order valence-electron chi connectivity index (χ2n) is 7.17. The number of anilines is 1. The SMILES string of the molecule is CCCSc1ncc(CO)n1Cc1ccc(NC(C(=O)OCC)c2ccccc2Cl)cc1. The van der Waals surface area contributed by atoms with Gasteiger partial charge in [0.2, 0.25) is 0 Å². The second-order valence-corrected chi connectivity index (χ2v) is 8.64. The molecule has 1 aromatic heterocycles. The molecule has 3 aromatic rings. The number of esters is 1. The number of aliphatic hydroxyl groups is 1. The van der Waals surface area contributed by atoms with Crippen LogP contribution in [0.2, 0.25) is 5.02 Å². The van der Waals surface area contributed by atoms with Gasteiger partial charge in [0, 0.05) is 28.6 Å². The monoisotopic (exact) mass is 473 g/mol. The molecule has 1 unspecified atom stereocenters. The van der Waals surface area contributed by atoms with Crippen molar-refractivity contribution in [2.45, 2.75) is 44.6 Å².